The highest BCUT2D eigenvalue weighted by Gasteiger charge is 2.05. The van der Waals surface area contributed by atoms with E-state index in [0.29, 0.717) is 0 Å². The molecule has 0 saturated carbocycles. The number of unbranched alkanes of at least 4 members (excludes halogenated alkanes) is 4. The number of rotatable bonds is 10. The molecular formula is C23H34N2. The number of benzene rings is 2. The van der Waals surface area contributed by atoms with E-state index in [-0.39, 0.29) is 0 Å². The molecule has 0 atom stereocenters. The molecular weight excluding hydrogens is 304 g/mol. The lowest BCUT2D eigenvalue weighted by molar-refractivity contribution is 0.717. The van der Waals surface area contributed by atoms with E-state index in [2.05, 4.69) is 50.2 Å². The first-order valence-electron chi connectivity index (χ1n) is 9.88. The van der Waals surface area contributed by atoms with Gasteiger partial charge in [0.15, 0.2) is 0 Å². The molecule has 0 aliphatic heterocycles. The van der Waals surface area contributed by atoms with Crippen molar-refractivity contribution < 1.29 is 0 Å². The number of aryl methyl sites for hydroxylation is 2. The van der Waals surface area contributed by atoms with Crippen LogP contribution >= 0.6 is 0 Å². The van der Waals surface area contributed by atoms with Gasteiger partial charge in [0.1, 0.15) is 0 Å². The fourth-order valence-corrected chi connectivity index (χ4v) is 3.34. The highest BCUT2D eigenvalue weighted by atomic mass is 14.6. The predicted molar refractivity (Wildman–Crippen MR) is 111 cm³/mol. The normalized spacial score (nSPS) is 11.0. The molecule has 136 valence electrons. The smallest absolute Gasteiger partial charge is 0.0346 e. The van der Waals surface area contributed by atoms with E-state index in [1.54, 1.807) is 0 Å². The van der Waals surface area contributed by atoms with Crippen LogP contribution in [0.2, 0.25) is 0 Å². The third-order valence-electron chi connectivity index (χ3n) is 4.92. The first kappa shape index (κ1) is 19.4. The van der Waals surface area contributed by atoms with Crippen LogP contribution in [-0.2, 0) is 19.3 Å². The maximum absolute atomic E-state index is 6.16. The minimum Gasteiger partial charge on any atom is -0.399 e. The van der Waals surface area contributed by atoms with Gasteiger partial charge in [0.05, 0.1) is 0 Å². The first-order valence-corrected chi connectivity index (χ1v) is 9.88. The summed E-state index contributed by atoms with van der Waals surface area (Å²) in [5.74, 6) is 0. The summed E-state index contributed by atoms with van der Waals surface area (Å²) in [5, 5.41) is 0. The average Bonchev–Trinajstić information content (AvgIpc) is 2.61. The van der Waals surface area contributed by atoms with Crippen molar-refractivity contribution in [3.8, 4) is 0 Å². The van der Waals surface area contributed by atoms with Gasteiger partial charge in [-0.1, -0.05) is 63.8 Å². The van der Waals surface area contributed by atoms with Crippen molar-refractivity contribution >= 4 is 11.4 Å². The van der Waals surface area contributed by atoms with Gasteiger partial charge in [-0.25, -0.2) is 0 Å². The summed E-state index contributed by atoms with van der Waals surface area (Å²) in [6.07, 6.45) is 10.6. The van der Waals surface area contributed by atoms with Crippen LogP contribution in [0, 0.1) is 0 Å². The number of anilines is 2. The second kappa shape index (κ2) is 10.1. The lowest BCUT2D eigenvalue weighted by Gasteiger charge is -2.11. The average molecular weight is 339 g/mol. The zero-order valence-corrected chi connectivity index (χ0v) is 16.0. The van der Waals surface area contributed by atoms with Gasteiger partial charge in [0.25, 0.3) is 0 Å². The Morgan fingerprint density at radius 1 is 0.640 bits per heavy atom. The summed E-state index contributed by atoms with van der Waals surface area (Å²) < 4.78 is 0. The summed E-state index contributed by atoms with van der Waals surface area (Å²) in [4.78, 5) is 0. The summed E-state index contributed by atoms with van der Waals surface area (Å²) >= 11 is 0. The van der Waals surface area contributed by atoms with Crippen molar-refractivity contribution in [2.45, 2.75) is 71.6 Å². The van der Waals surface area contributed by atoms with Crippen LogP contribution in [0.5, 0.6) is 0 Å². The SMILES string of the molecule is CCCCCc1cc(Cc2ccc(N)c(CCCCC)c2)ccc1N. The Labute approximate surface area is 153 Å². The van der Waals surface area contributed by atoms with E-state index >= 15 is 0 Å². The molecule has 2 aromatic carbocycles. The van der Waals surface area contributed by atoms with E-state index in [1.807, 2.05) is 0 Å². The van der Waals surface area contributed by atoms with Crippen molar-refractivity contribution in [1.82, 2.24) is 0 Å². The summed E-state index contributed by atoms with van der Waals surface area (Å²) in [6.45, 7) is 4.47. The summed E-state index contributed by atoms with van der Waals surface area (Å²) in [6, 6.07) is 13.0. The Hall–Kier alpha value is -1.96. The van der Waals surface area contributed by atoms with Gasteiger partial charge in [-0.05, 0) is 66.5 Å². The Kier molecular flexibility index (Phi) is 7.84. The molecule has 0 radical (unpaired) electrons. The topological polar surface area (TPSA) is 52.0 Å². The van der Waals surface area contributed by atoms with E-state index in [4.69, 9.17) is 11.5 Å². The zero-order chi connectivity index (χ0) is 18.1. The van der Waals surface area contributed by atoms with E-state index < -0.39 is 0 Å². The Balaban J connectivity index is 2.08. The molecule has 0 spiro atoms. The third-order valence-corrected chi connectivity index (χ3v) is 4.92. The molecule has 0 heterocycles. The van der Waals surface area contributed by atoms with Gasteiger partial charge < -0.3 is 11.5 Å². The van der Waals surface area contributed by atoms with Crippen molar-refractivity contribution in [1.29, 1.82) is 0 Å². The molecule has 0 unspecified atom stereocenters. The van der Waals surface area contributed by atoms with Gasteiger partial charge in [0.2, 0.25) is 0 Å². The molecule has 2 nitrogen and oxygen atoms in total. The lowest BCUT2D eigenvalue weighted by Crippen LogP contribution is -2.00. The van der Waals surface area contributed by atoms with Crippen LogP contribution in [0.3, 0.4) is 0 Å². The quantitative estimate of drug-likeness (QED) is 0.418. The van der Waals surface area contributed by atoms with Gasteiger partial charge in [-0.15, -0.1) is 0 Å². The maximum atomic E-state index is 6.16. The van der Waals surface area contributed by atoms with Gasteiger partial charge in [0, 0.05) is 11.4 Å². The molecule has 0 bridgehead atoms. The molecule has 0 aliphatic rings. The fourth-order valence-electron chi connectivity index (χ4n) is 3.34. The first-order chi connectivity index (χ1) is 12.1. The molecule has 0 amide bonds. The zero-order valence-electron chi connectivity index (χ0n) is 16.0. The summed E-state index contributed by atoms with van der Waals surface area (Å²) in [5.41, 5.74) is 19.4. The molecule has 0 saturated heterocycles. The number of nitrogens with two attached hydrogens (primary N) is 2. The van der Waals surface area contributed by atoms with E-state index in [9.17, 15) is 0 Å². The van der Waals surface area contributed by atoms with Crippen molar-refractivity contribution in [2.75, 3.05) is 11.5 Å². The lowest BCUT2D eigenvalue weighted by atomic mass is 9.96. The molecule has 4 N–H and O–H groups in total. The highest BCUT2D eigenvalue weighted by molar-refractivity contribution is 5.51. The van der Waals surface area contributed by atoms with E-state index in [0.717, 1.165) is 30.6 Å². The molecule has 2 heteroatoms. The van der Waals surface area contributed by atoms with Crippen molar-refractivity contribution in [3.05, 3.63) is 58.7 Å². The van der Waals surface area contributed by atoms with E-state index in [1.165, 1.54) is 60.8 Å². The number of nitrogen functional groups attached to an aromatic ring is 2. The van der Waals surface area contributed by atoms with Gasteiger partial charge in [-0.2, -0.15) is 0 Å². The largest absolute Gasteiger partial charge is 0.399 e. The molecule has 0 aliphatic carbocycles. The van der Waals surface area contributed by atoms with Crippen LogP contribution in [0.15, 0.2) is 36.4 Å². The number of hydrogen-bond acceptors (Lipinski definition) is 2. The molecule has 25 heavy (non-hydrogen) atoms. The van der Waals surface area contributed by atoms with Crippen molar-refractivity contribution in [3.63, 3.8) is 0 Å². The Bertz CT molecular complexity index is 604. The van der Waals surface area contributed by atoms with Crippen LogP contribution in [0.4, 0.5) is 11.4 Å². The monoisotopic (exact) mass is 338 g/mol. The second-order valence-corrected chi connectivity index (χ2v) is 7.16. The van der Waals surface area contributed by atoms with Crippen LogP contribution < -0.4 is 11.5 Å². The standard InChI is InChI=1S/C23H34N2/c1-3-5-7-9-20-16-18(11-13-22(20)24)15-19-12-14-23(25)21(17-19)10-8-6-4-2/h11-14,16-17H,3-10,15,24-25H2,1-2H3. The minimum absolute atomic E-state index is 0.928. The summed E-state index contributed by atoms with van der Waals surface area (Å²) in [7, 11) is 0. The Morgan fingerprint density at radius 2 is 1.08 bits per heavy atom. The third kappa shape index (κ3) is 6.12. The van der Waals surface area contributed by atoms with Crippen molar-refractivity contribution in [2.24, 2.45) is 0 Å². The fraction of sp³-hybridized carbons (Fsp3) is 0.478. The molecule has 0 aromatic heterocycles. The second-order valence-electron chi connectivity index (χ2n) is 7.16. The highest BCUT2D eigenvalue weighted by Crippen LogP contribution is 2.22. The predicted octanol–water partition coefficient (Wildman–Crippen LogP) is 5.91. The molecule has 2 aromatic rings. The Morgan fingerprint density at radius 3 is 1.48 bits per heavy atom. The van der Waals surface area contributed by atoms with Crippen LogP contribution in [-0.4, -0.2) is 0 Å². The maximum Gasteiger partial charge on any atom is 0.0346 e. The number of hydrogen-bond donors (Lipinski definition) is 2. The molecule has 2 rings (SSSR count). The minimum atomic E-state index is 0.928. The van der Waals surface area contributed by atoms with Gasteiger partial charge >= 0.3 is 0 Å². The van der Waals surface area contributed by atoms with Crippen LogP contribution in [0.1, 0.15) is 74.6 Å². The van der Waals surface area contributed by atoms with Crippen LogP contribution in [0.25, 0.3) is 0 Å². The molecule has 0 fully saturated rings. The van der Waals surface area contributed by atoms with Gasteiger partial charge in [-0.3, -0.25) is 0 Å².